The summed E-state index contributed by atoms with van der Waals surface area (Å²) in [5, 5.41) is 7.40. The maximum Gasteiger partial charge on any atom is 0.407 e. The number of carbonyl (C=O) groups is 1. The average Bonchev–Trinajstić information content (AvgIpc) is 3.76. The van der Waals surface area contributed by atoms with E-state index in [9.17, 15) is 4.79 Å². The summed E-state index contributed by atoms with van der Waals surface area (Å²) in [6, 6.07) is 51.0. The molecular weight excluding hydrogens is 781 g/mol. The van der Waals surface area contributed by atoms with Crippen molar-refractivity contribution in [2.75, 3.05) is 18.0 Å². The SMILES string of the molecule is Cc1cc(-c2ncnn3cc(-c4ccc(N5CCC(c6ccc(-c7cccnc7OC(c7ccccc7)c7ccccc7)cc6)CC5)cc4)cc23)ccc1CNC(=O)OC(C)(C)C. The van der Waals surface area contributed by atoms with E-state index in [1.807, 2.05) is 86.8 Å². The van der Waals surface area contributed by atoms with Crippen LogP contribution in [0.3, 0.4) is 0 Å². The molecule has 1 saturated heterocycles. The molecule has 5 aromatic carbocycles. The fraction of sp³-hybridized carbons (Fsp3) is 0.222. The summed E-state index contributed by atoms with van der Waals surface area (Å²) in [6.45, 7) is 9.99. The minimum atomic E-state index is -0.545. The van der Waals surface area contributed by atoms with E-state index in [1.54, 1.807) is 12.5 Å². The Labute approximate surface area is 369 Å². The molecule has 63 heavy (non-hydrogen) atoms. The standard InChI is InChI=1S/C54H52N6O3/c1-37-32-44(21-22-45(37)34-56-53(61)63-54(2,3)4)50-49-33-46(35-60(49)58-36-57-50)39-23-25-47(26-24-39)59-30-27-40(28-31-59)38-17-19-41(20-18-38)48-16-11-29-55-52(48)62-51(42-12-7-5-8-13-42)43-14-9-6-10-15-43/h5-26,29,32-33,35-36,40,51H,27-28,30-31,34H2,1-4H3,(H,56,61). The Balaban J connectivity index is 0.835. The Kier molecular flexibility index (Phi) is 11.7. The van der Waals surface area contributed by atoms with Gasteiger partial charge in [0.15, 0.2) is 6.10 Å². The van der Waals surface area contributed by atoms with Crippen LogP contribution in [0.1, 0.15) is 73.5 Å². The molecule has 9 heteroatoms. The normalized spacial score (nSPS) is 13.3. The fourth-order valence-corrected chi connectivity index (χ4v) is 8.50. The first-order valence-electron chi connectivity index (χ1n) is 21.7. The number of pyridine rings is 1. The van der Waals surface area contributed by atoms with Crippen molar-refractivity contribution in [2.45, 2.75) is 64.7 Å². The summed E-state index contributed by atoms with van der Waals surface area (Å²) in [5.74, 6) is 1.12. The van der Waals surface area contributed by atoms with Gasteiger partial charge in [0.1, 0.15) is 11.9 Å². The Hall–Kier alpha value is -7.26. The number of alkyl carbamates (subject to hydrolysis) is 1. The molecule has 1 amide bonds. The van der Waals surface area contributed by atoms with Crippen LogP contribution in [0.2, 0.25) is 0 Å². The number of benzene rings is 5. The number of hydrogen-bond acceptors (Lipinski definition) is 7. The lowest BCUT2D eigenvalue weighted by atomic mass is 9.88. The van der Waals surface area contributed by atoms with Gasteiger partial charge in [-0.15, -0.1) is 0 Å². The smallest absolute Gasteiger partial charge is 0.407 e. The summed E-state index contributed by atoms with van der Waals surface area (Å²) in [7, 11) is 0. The molecule has 4 heterocycles. The molecule has 0 bridgehead atoms. The van der Waals surface area contributed by atoms with E-state index >= 15 is 0 Å². The third kappa shape index (κ3) is 9.48. The van der Waals surface area contributed by atoms with Gasteiger partial charge in [-0.3, -0.25) is 0 Å². The zero-order chi connectivity index (χ0) is 43.3. The second-order valence-corrected chi connectivity index (χ2v) is 17.3. The monoisotopic (exact) mass is 832 g/mol. The molecule has 1 aliphatic rings. The van der Waals surface area contributed by atoms with Gasteiger partial charge in [0.25, 0.3) is 0 Å². The van der Waals surface area contributed by atoms with Crippen LogP contribution in [0.15, 0.2) is 164 Å². The maximum absolute atomic E-state index is 12.2. The number of amides is 1. The third-order valence-electron chi connectivity index (χ3n) is 11.8. The molecule has 0 aliphatic carbocycles. The first-order valence-corrected chi connectivity index (χ1v) is 21.7. The van der Waals surface area contributed by atoms with Crippen molar-refractivity contribution in [1.82, 2.24) is 24.9 Å². The number of aryl methyl sites for hydroxylation is 1. The van der Waals surface area contributed by atoms with Crippen molar-refractivity contribution in [1.29, 1.82) is 0 Å². The predicted octanol–water partition coefficient (Wildman–Crippen LogP) is 12.0. The topological polar surface area (TPSA) is 93.9 Å². The molecule has 0 saturated carbocycles. The molecule has 0 radical (unpaired) electrons. The molecule has 9 rings (SSSR count). The molecule has 0 unspecified atom stereocenters. The van der Waals surface area contributed by atoms with Gasteiger partial charge in [0.05, 0.1) is 11.2 Å². The van der Waals surface area contributed by atoms with Crippen LogP contribution in [0, 0.1) is 6.92 Å². The molecule has 9 nitrogen and oxygen atoms in total. The number of piperidine rings is 1. The number of hydrogen-bond donors (Lipinski definition) is 1. The number of anilines is 1. The van der Waals surface area contributed by atoms with Gasteiger partial charge in [0.2, 0.25) is 5.88 Å². The number of ether oxygens (including phenoxy) is 2. The summed E-state index contributed by atoms with van der Waals surface area (Å²) >= 11 is 0. The van der Waals surface area contributed by atoms with E-state index in [-0.39, 0.29) is 6.10 Å². The van der Waals surface area contributed by atoms with E-state index in [2.05, 4.69) is 117 Å². The zero-order valence-electron chi connectivity index (χ0n) is 36.2. The Morgan fingerprint density at radius 3 is 2.08 bits per heavy atom. The van der Waals surface area contributed by atoms with Crippen molar-refractivity contribution in [3.63, 3.8) is 0 Å². The zero-order valence-corrected chi connectivity index (χ0v) is 36.2. The summed E-state index contributed by atoms with van der Waals surface area (Å²) in [5.41, 5.74) is 13.4. The first kappa shape index (κ1) is 41.1. The second kappa shape index (κ2) is 18.0. The molecule has 316 valence electrons. The van der Waals surface area contributed by atoms with Gasteiger partial charge in [-0.1, -0.05) is 109 Å². The van der Waals surface area contributed by atoms with Crippen LogP contribution < -0.4 is 15.0 Å². The minimum absolute atomic E-state index is 0.275. The van der Waals surface area contributed by atoms with Crippen LogP contribution in [0.25, 0.3) is 39.0 Å². The molecule has 1 fully saturated rings. The molecule has 1 N–H and O–H groups in total. The molecular formula is C54H52N6O3. The highest BCUT2D eigenvalue weighted by Crippen LogP contribution is 2.37. The highest BCUT2D eigenvalue weighted by molar-refractivity contribution is 5.82. The largest absolute Gasteiger partial charge is 0.464 e. The summed E-state index contributed by atoms with van der Waals surface area (Å²) in [6.07, 6.45) is 6.93. The molecule has 1 aliphatic heterocycles. The van der Waals surface area contributed by atoms with Crippen LogP contribution in [-0.4, -0.2) is 44.4 Å². The predicted molar refractivity (Wildman–Crippen MR) is 251 cm³/mol. The van der Waals surface area contributed by atoms with Gasteiger partial charge in [-0.2, -0.15) is 5.10 Å². The average molecular weight is 833 g/mol. The Bertz CT molecular complexity index is 2770. The number of nitrogens with one attached hydrogen (secondary N) is 1. The molecule has 0 spiro atoms. The lowest BCUT2D eigenvalue weighted by Crippen LogP contribution is -2.32. The van der Waals surface area contributed by atoms with Crippen molar-refractivity contribution < 1.29 is 14.3 Å². The van der Waals surface area contributed by atoms with Crippen LogP contribution >= 0.6 is 0 Å². The minimum Gasteiger partial charge on any atom is -0.464 e. The molecule has 3 aromatic heterocycles. The number of aromatic nitrogens is 4. The Morgan fingerprint density at radius 2 is 1.41 bits per heavy atom. The quantitative estimate of drug-likeness (QED) is 0.139. The molecule has 8 aromatic rings. The fourth-order valence-electron chi connectivity index (χ4n) is 8.50. The summed E-state index contributed by atoms with van der Waals surface area (Å²) in [4.78, 5) is 24.1. The summed E-state index contributed by atoms with van der Waals surface area (Å²) < 4.78 is 14.0. The maximum atomic E-state index is 12.2. The van der Waals surface area contributed by atoms with E-state index in [4.69, 9.17) is 14.5 Å². The number of nitrogens with zero attached hydrogens (tertiary/aromatic N) is 5. The lowest BCUT2D eigenvalue weighted by molar-refractivity contribution is 0.0523. The Morgan fingerprint density at radius 1 is 0.746 bits per heavy atom. The highest BCUT2D eigenvalue weighted by Gasteiger charge is 2.23. The lowest BCUT2D eigenvalue weighted by Gasteiger charge is -2.34. The second-order valence-electron chi connectivity index (χ2n) is 17.3. The highest BCUT2D eigenvalue weighted by atomic mass is 16.6. The van der Waals surface area contributed by atoms with Crippen molar-refractivity contribution in [3.8, 4) is 39.4 Å². The number of fused-ring (bicyclic) bond motifs is 1. The van der Waals surface area contributed by atoms with Gasteiger partial charge in [-0.05, 0) is 122 Å². The van der Waals surface area contributed by atoms with Gasteiger partial charge in [0, 0.05) is 54.4 Å². The number of rotatable bonds is 11. The van der Waals surface area contributed by atoms with E-state index in [0.717, 1.165) is 87.2 Å². The number of carbonyl (C=O) groups excluding carboxylic acids is 1. The van der Waals surface area contributed by atoms with Crippen molar-refractivity contribution in [2.24, 2.45) is 0 Å². The van der Waals surface area contributed by atoms with Crippen molar-refractivity contribution >= 4 is 17.3 Å². The van der Waals surface area contributed by atoms with Crippen molar-refractivity contribution in [3.05, 3.63) is 192 Å². The van der Waals surface area contributed by atoms with Gasteiger partial charge < -0.3 is 19.7 Å². The third-order valence-corrected chi connectivity index (χ3v) is 11.8. The van der Waals surface area contributed by atoms with Crippen LogP contribution in [0.4, 0.5) is 10.5 Å². The van der Waals surface area contributed by atoms with E-state index in [0.29, 0.717) is 18.3 Å². The van der Waals surface area contributed by atoms with Crippen LogP contribution in [0.5, 0.6) is 5.88 Å². The van der Waals surface area contributed by atoms with E-state index < -0.39 is 11.7 Å². The van der Waals surface area contributed by atoms with E-state index in [1.165, 1.54) is 11.3 Å². The first-order chi connectivity index (χ1) is 30.6. The van der Waals surface area contributed by atoms with Gasteiger partial charge >= 0.3 is 6.09 Å². The van der Waals surface area contributed by atoms with Crippen LogP contribution in [-0.2, 0) is 11.3 Å². The van der Waals surface area contributed by atoms with Gasteiger partial charge in [-0.25, -0.2) is 19.3 Å². The molecule has 0 atom stereocenters.